The first-order valence-electron chi connectivity index (χ1n) is 6.20. The summed E-state index contributed by atoms with van der Waals surface area (Å²) in [6.07, 6.45) is 5.79. The Morgan fingerprint density at radius 3 is 2.59 bits per heavy atom. The molecule has 0 spiro atoms. The quantitative estimate of drug-likeness (QED) is 0.631. The standard InChI is InChI=1S/C12H24N2O2S/c1-9(10(7-15)17-2)14-11(16)6-12(8-13)4-3-5-12/h9-10,15H,3-8,13H2,1-2H3,(H,14,16). The molecular weight excluding hydrogens is 236 g/mol. The summed E-state index contributed by atoms with van der Waals surface area (Å²) >= 11 is 1.57. The van der Waals surface area contributed by atoms with E-state index >= 15 is 0 Å². The van der Waals surface area contributed by atoms with Gasteiger partial charge in [0.15, 0.2) is 0 Å². The average Bonchev–Trinajstić information content (AvgIpc) is 2.25. The van der Waals surface area contributed by atoms with Crippen LogP contribution in [0.4, 0.5) is 0 Å². The van der Waals surface area contributed by atoms with E-state index in [2.05, 4.69) is 5.32 Å². The van der Waals surface area contributed by atoms with Crippen molar-refractivity contribution in [3.05, 3.63) is 0 Å². The van der Waals surface area contributed by atoms with Crippen molar-refractivity contribution >= 4 is 17.7 Å². The lowest BCUT2D eigenvalue weighted by molar-refractivity contribution is -0.125. The van der Waals surface area contributed by atoms with Crippen molar-refractivity contribution in [3.8, 4) is 0 Å². The van der Waals surface area contributed by atoms with Gasteiger partial charge < -0.3 is 16.2 Å². The zero-order valence-corrected chi connectivity index (χ0v) is 11.6. The van der Waals surface area contributed by atoms with Crippen molar-refractivity contribution in [1.29, 1.82) is 0 Å². The van der Waals surface area contributed by atoms with Gasteiger partial charge >= 0.3 is 0 Å². The Bertz CT molecular complexity index is 247. The number of amides is 1. The number of nitrogens with two attached hydrogens (primary N) is 1. The highest BCUT2D eigenvalue weighted by atomic mass is 32.2. The summed E-state index contributed by atoms with van der Waals surface area (Å²) in [4.78, 5) is 11.9. The molecule has 1 amide bonds. The topological polar surface area (TPSA) is 75.3 Å². The SMILES string of the molecule is CSC(CO)C(C)NC(=O)CC1(CN)CCC1. The van der Waals surface area contributed by atoms with E-state index in [1.807, 2.05) is 13.2 Å². The van der Waals surface area contributed by atoms with E-state index in [4.69, 9.17) is 10.8 Å². The molecule has 0 aromatic heterocycles. The Morgan fingerprint density at radius 2 is 2.24 bits per heavy atom. The van der Waals surface area contributed by atoms with Crippen LogP contribution in [0.2, 0.25) is 0 Å². The van der Waals surface area contributed by atoms with Crippen LogP contribution in [0.15, 0.2) is 0 Å². The summed E-state index contributed by atoms with van der Waals surface area (Å²) in [5, 5.41) is 12.2. The molecule has 4 nitrogen and oxygen atoms in total. The predicted molar refractivity (Wildman–Crippen MR) is 71.9 cm³/mol. The average molecular weight is 260 g/mol. The Kier molecular flexibility index (Phi) is 5.76. The second-order valence-corrected chi connectivity index (χ2v) is 6.12. The molecule has 1 aliphatic carbocycles. The summed E-state index contributed by atoms with van der Waals surface area (Å²) in [6, 6.07) is -0.00241. The number of aliphatic hydroxyl groups excluding tert-OH is 1. The summed E-state index contributed by atoms with van der Waals surface area (Å²) < 4.78 is 0. The molecule has 0 radical (unpaired) electrons. The maximum absolute atomic E-state index is 11.9. The van der Waals surface area contributed by atoms with Gasteiger partial charge in [0.25, 0.3) is 0 Å². The van der Waals surface area contributed by atoms with Gasteiger partial charge in [-0.15, -0.1) is 0 Å². The van der Waals surface area contributed by atoms with Gasteiger partial charge in [0.2, 0.25) is 5.91 Å². The fourth-order valence-corrected chi connectivity index (χ4v) is 2.93. The van der Waals surface area contributed by atoms with Crippen LogP contribution in [0.1, 0.15) is 32.6 Å². The van der Waals surface area contributed by atoms with Gasteiger partial charge in [-0.3, -0.25) is 4.79 Å². The number of carbonyl (C=O) groups excluding carboxylic acids is 1. The highest BCUT2D eigenvalue weighted by Crippen LogP contribution is 2.42. The first-order valence-corrected chi connectivity index (χ1v) is 7.49. The van der Waals surface area contributed by atoms with Crippen LogP contribution in [0.3, 0.4) is 0 Å². The minimum Gasteiger partial charge on any atom is -0.395 e. The summed E-state index contributed by atoms with van der Waals surface area (Å²) in [6.45, 7) is 2.62. The molecule has 0 aliphatic heterocycles. The molecule has 0 saturated heterocycles. The lowest BCUT2D eigenvalue weighted by Gasteiger charge is -2.40. The van der Waals surface area contributed by atoms with Crippen LogP contribution in [-0.2, 0) is 4.79 Å². The van der Waals surface area contributed by atoms with Gasteiger partial charge in [0, 0.05) is 17.7 Å². The van der Waals surface area contributed by atoms with E-state index in [0.717, 1.165) is 12.8 Å². The lowest BCUT2D eigenvalue weighted by atomic mass is 9.66. The van der Waals surface area contributed by atoms with Crippen LogP contribution < -0.4 is 11.1 Å². The van der Waals surface area contributed by atoms with E-state index < -0.39 is 0 Å². The largest absolute Gasteiger partial charge is 0.395 e. The number of aliphatic hydroxyl groups is 1. The second-order valence-electron chi connectivity index (χ2n) is 5.05. The summed E-state index contributed by atoms with van der Waals surface area (Å²) in [5.74, 6) is 0.0650. The first kappa shape index (κ1) is 14.8. The molecule has 0 heterocycles. The van der Waals surface area contributed by atoms with Crippen LogP contribution in [0, 0.1) is 5.41 Å². The van der Waals surface area contributed by atoms with E-state index in [0.29, 0.717) is 13.0 Å². The molecule has 1 fully saturated rings. The summed E-state index contributed by atoms with van der Waals surface area (Å²) in [7, 11) is 0. The maximum atomic E-state index is 11.9. The Morgan fingerprint density at radius 1 is 1.59 bits per heavy atom. The molecule has 1 saturated carbocycles. The third-order valence-electron chi connectivity index (χ3n) is 3.81. The molecule has 4 N–H and O–H groups in total. The number of rotatable bonds is 7. The maximum Gasteiger partial charge on any atom is 0.220 e. The molecule has 0 aromatic rings. The molecule has 0 aromatic carbocycles. The molecule has 0 bridgehead atoms. The van der Waals surface area contributed by atoms with Crippen molar-refractivity contribution in [2.45, 2.75) is 43.9 Å². The number of thioether (sulfide) groups is 1. The molecule has 1 aliphatic rings. The smallest absolute Gasteiger partial charge is 0.220 e. The van der Waals surface area contributed by atoms with Crippen LogP contribution in [0.5, 0.6) is 0 Å². The molecule has 5 heteroatoms. The molecule has 2 atom stereocenters. The highest BCUT2D eigenvalue weighted by molar-refractivity contribution is 7.99. The normalized spacial score (nSPS) is 21.4. The fraction of sp³-hybridized carbons (Fsp3) is 0.917. The van der Waals surface area contributed by atoms with Gasteiger partial charge in [-0.2, -0.15) is 11.8 Å². The zero-order chi connectivity index (χ0) is 12.9. The summed E-state index contributed by atoms with van der Waals surface area (Å²) in [5.41, 5.74) is 5.79. The second kappa shape index (κ2) is 6.61. The Labute approximate surface area is 108 Å². The molecule has 1 rings (SSSR count). The van der Waals surface area contributed by atoms with E-state index in [1.54, 1.807) is 11.8 Å². The van der Waals surface area contributed by atoms with Gasteiger partial charge in [-0.1, -0.05) is 6.42 Å². The zero-order valence-electron chi connectivity index (χ0n) is 10.7. The Hall–Kier alpha value is -0.260. The Balaban J connectivity index is 2.38. The van der Waals surface area contributed by atoms with Gasteiger partial charge in [0.1, 0.15) is 0 Å². The minimum atomic E-state index is -0.00241. The van der Waals surface area contributed by atoms with Gasteiger partial charge in [-0.25, -0.2) is 0 Å². The molecular formula is C12H24N2O2S. The van der Waals surface area contributed by atoms with E-state index in [1.165, 1.54) is 6.42 Å². The number of hydrogen-bond donors (Lipinski definition) is 3. The van der Waals surface area contributed by atoms with Gasteiger partial charge in [0.05, 0.1) is 6.61 Å². The van der Waals surface area contributed by atoms with Crippen LogP contribution in [0.25, 0.3) is 0 Å². The lowest BCUT2D eigenvalue weighted by Crippen LogP contribution is -2.46. The molecule has 100 valence electrons. The first-order chi connectivity index (χ1) is 8.06. The van der Waals surface area contributed by atoms with Gasteiger partial charge in [-0.05, 0) is 38.0 Å². The van der Waals surface area contributed by atoms with Crippen LogP contribution in [-0.4, -0.2) is 41.7 Å². The van der Waals surface area contributed by atoms with E-state index in [9.17, 15) is 4.79 Å². The van der Waals surface area contributed by atoms with Crippen molar-refractivity contribution < 1.29 is 9.90 Å². The number of hydrogen-bond acceptors (Lipinski definition) is 4. The fourth-order valence-electron chi connectivity index (χ4n) is 2.31. The third-order valence-corrected chi connectivity index (χ3v) is 4.97. The van der Waals surface area contributed by atoms with Crippen molar-refractivity contribution in [2.75, 3.05) is 19.4 Å². The highest BCUT2D eigenvalue weighted by Gasteiger charge is 2.37. The monoisotopic (exact) mass is 260 g/mol. The number of carbonyl (C=O) groups is 1. The van der Waals surface area contributed by atoms with Crippen molar-refractivity contribution in [3.63, 3.8) is 0 Å². The van der Waals surface area contributed by atoms with Crippen LogP contribution >= 0.6 is 11.8 Å². The van der Waals surface area contributed by atoms with Crippen molar-refractivity contribution in [2.24, 2.45) is 11.1 Å². The molecule has 2 unspecified atom stereocenters. The molecule has 17 heavy (non-hydrogen) atoms. The number of nitrogens with one attached hydrogen (secondary N) is 1. The predicted octanol–water partition coefficient (Wildman–Crippen LogP) is 0.734. The van der Waals surface area contributed by atoms with Crippen molar-refractivity contribution in [1.82, 2.24) is 5.32 Å². The third kappa shape index (κ3) is 3.86. The van der Waals surface area contributed by atoms with E-state index in [-0.39, 0.29) is 29.2 Å². The minimum absolute atomic E-state index is 0.00241.